The van der Waals surface area contributed by atoms with Crippen molar-refractivity contribution in [1.29, 1.82) is 5.26 Å². The van der Waals surface area contributed by atoms with E-state index >= 15 is 0 Å². The molecule has 0 bridgehead atoms. The fraction of sp³-hybridized carbons (Fsp3) is 0.321. The van der Waals surface area contributed by atoms with Crippen LogP contribution in [-0.2, 0) is 0 Å². The van der Waals surface area contributed by atoms with Crippen molar-refractivity contribution in [2.45, 2.75) is 51.7 Å². The van der Waals surface area contributed by atoms with Crippen LogP contribution in [0.2, 0.25) is 0 Å². The van der Waals surface area contributed by atoms with E-state index in [0.717, 1.165) is 18.8 Å². The summed E-state index contributed by atoms with van der Waals surface area (Å²) in [5.41, 5.74) is 10.2. The van der Waals surface area contributed by atoms with E-state index in [1.807, 2.05) is 18.2 Å². The molecule has 3 aromatic carbocycles. The number of anilines is 1. The van der Waals surface area contributed by atoms with Crippen LogP contribution in [0.25, 0.3) is 11.1 Å². The van der Waals surface area contributed by atoms with E-state index < -0.39 is 12.1 Å². The van der Waals surface area contributed by atoms with E-state index in [4.69, 9.17) is 10.5 Å². The number of nitrogens with zero attached hydrogens (tertiary/aromatic N) is 1. The highest BCUT2D eigenvalue weighted by Gasteiger charge is 2.23. The van der Waals surface area contributed by atoms with Crippen LogP contribution in [0.3, 0.4) is 0 Å². The van der Waals surface area contributed by atoms with Gasteiger partial charge in [0.25, 0.3) is 0 Å². The molecule has 0 heterocycles. The van der Waals surface area contributed by atoms with Crippen LogP contribution in [-0.4, -0.2) is 5.11 Å². The molecule has 0 aliphatic heterocycles. The number of nitriles is 1. The molecule has 0 aromatic heterocycles. The monoisotopic (exact) mass is 444 g/mol. The molecule has 1 aliphatic rings. The second-order valence-corrected chi connectivity index (χ2v) is 9.11. The zero-order valence-electron chi connectivity index (χ0n) is 19.0. The smallest absolute Gasteiger partial charge is 0.224 e. The summed E-state index contributed by atoms with van der Waals surface area (Å²) >= 11 is 0. The highest BCUT2D eigenvalue weighted by molar-refractivity contribution is 5.77. The summed E-state index contributed by atoms with van der Waals surface area (Å²) in [5.74, 6) is 0.940. The SMILES string of the molecule is Cc1cc(-c2cc(C3CCC(C)CC3)ccc2C#N)c(OC(O)c2ccc(N)cc2)cc1F. The van der Waals surface area contributed by atoms with Crippen LogP contribution < -0.4 is 10.5 Å². The average molecular weight is 445 g/mol. The molecule has 1 saturated carbocycles. The number of halogens is 1. The highest BCUT2D eigenvalue weighted by atomic mass is 19.1. The fourth-order valence-corrected chi connectivity index (χ4v) is 4.55. The Kier molecular flexibility index (Phi) is 6.67. The summed E-state index contributed by atoms with van der Waals surface area (Å²) in [6.07, 6.45) is 3.32. The van der Waals surface area contributed by atoms with E-state index in [2.05, 4.69) is 13.0 Å². The Hall–Kier alpha value is -3.36. The number of ether oxygens (including phenoxy) is 1. The van der Waals surface area contributed by atoms with Gasteiger partial charge in [-0.1, -0.05) is 38.0 Å². The molecule has 1 fully saturated rings. The zero-order chi connectivity index (χ0) is 23.5. The first-order valence-corrected chi connectivity index (χ1v) is 11.4. The Balaban J connectivity index is 1.75. The number of aryl methyl sites for hydroxylation is 1. The van der Waals surface area contributed by atoms with Crippen LogP contribution in [0, 0.1) is 30.0 Å². The number of rotatable bonds is 5. The maximum Gasteiger partial charge on any atom is 0.224 e. The van der Waals surface area contributed by atoms with Crippen molar-refractivity contribution in [2.75, 3.05) is 5.73 Å². The number of hydrogen-bond donors (Lipinski definition) is 2. The second-order valence-electron chi connectivity index (χ2n) is 9.11. The Bertz CT molecular complexity index is 1180. The lowest BCUT2D eigenvalue weighted by molar-refractivity contribution is -0.0191. The fourth-order valence-electron chi connectivity index (χ4n) is 4.55. The Morgan fingerprint density at radius 1 is 1.03 bits per heavy atom. The molecule has 33 heavy (non-hydrogen) atoms. The van der Waals surface area contributed by atoms with Gasteiger partial charge in [-0.25, -0.2) is 4.39 Å². The first kappa shape index (κ1) is 22.8. The summed E-state index contributed by atoms with van der Waals surface area (Å²) in [6.45, 7) is 3.97. The molecular formula is C28H29FN2O2. The van der Waals surface area contributed by atoms with Gasteiger partial charge in [-0.15, -0.1) is 0 Å². The Morgan fingerprint density at radius 3 is 2.39 bits per heavy atom. The number of benzene rings is 3. The summed E-state index contributed by atoms with van der Waals surface area (Å²) in [5, 5.41) is 20.4. The van der Waals surface area contributed by atoms with E-state index in [9.17, 15) is 14.8 Å². The number of aliphatic hydroxyl groups is 1. The first-order chi connectivity index (χ1) is 15.9. The van der Waals surface area contributed by atoms with Gasteiger partial charge in [-0.3, -0.25) is 0 Å². The molecule has 1 unspecified atom stereocenters. The van der Waals surface area contributed by atoms with Gasteiger partial charge in [0.2, 0.25) is 6.29 Å². The van der Waals surface area contributed by atoms with Gasteiger partial charge in [-0.2, -0.15) is 5.26 Å². The predicted octanol–water partition coefficient (Wildman–Crippen LogP) is 6.62. The molecule has 0 spiro atoms. The summed E-state index contributed by atoms with van der Waals surface area (Å²) in [4.78, 5) is 0. The average Bonchev–Trinajstić information content (AvgIpc) is 2.82. The van der Waals surface area contributed by atoms with Gasteiger partial charge in [0.1, 0.15) is 11.6 Å². The summed E-state index contributed by atoms with van der Waals surface area (Å²) < 4.78 is 20.4. The van der Waals surface area contributed by atoms with Crippen LogP contribution in [0.15, 0.2) is 54.6 Å². The van der Waals surface area contributed by atoms with Gasteiger partial charge in [-0.05, 0) is 73.1 Å². The van der Waals surface area contributed by atoms with Crippen molar-refractivity contribution >= 4 is 5.69 Å². The van der Waals surface area contributed by atoms with Crippen molar-refractivity contribution < 1.29 is 14.2 Å². The molecule has 5 heteroatoms. The van der Waals surface area contributed by atoms with E-state index in [0.29, 0.717) is 39.4 Å². The third-order valence-corrected chi connectivity index (χ3v) is 6.66. The van der Waals surface area contributed by atoms with Crippen LogP contribution in [0.4, 0.5) is 10.1 Å². The number of aliphatic hydroxyl groups excluding tert-OH is 1. The zero-order valence-corrected chi connectivity index (χ0v) is 19.0. The molecule has 0 saturated heterocycles. The van der Waals surface area contributed by atoms with E-state index in [1.165, 1.54) is 24.5 Å². The largest absolute Gasteiger partial charge is 0.460 e. The third kappa shape index (κ3) is 5.02. The van der Waals surface area contributed by atoms with Crippen molar-refractivity contribution in [1.82, 2.24) is 0 Å². The standard InChI is InChI=1S/C28H29FN2O2/c1-17-3-5-19(6-4-17)21-7-8-22(16-30)24(14-21)25-13-18(2)26(29)15-27(25)33-28(32)20-9-11-23(31)12-10-20/h7-15,17,19,28,32H,3-6,31H2,1-2H3. The van der Waals surface area contributed by atoms with Crippen LogP contribution in [0.5, 0.6) is 5.75 Å². The predicted molar refractivity (Wildman–Crippen MR) is 128 cm³/mol. The lowest BCUT2D eigenvalue weighted by atomic mass is 9.78. The van der Waals surface area contributed by atoms with Crippen LogP contribution in [0.1, 0.15) is 67.1 Å². The van der Waals surface area contributed by atoms with E-state index in [1.54, 1.807) is 37.3 Å². The van der Waals surface area contributed by atoms with Crippen molar-refractivity contribution in [3.8, 4) is 22.9 Å². The molecule has 0 radical (unpaired) electrons. The highest BCUT2D eigenvalue weighted by Crippen LogP contribution is 2.41. The Morgan fingerprint density at radius 2 is 1.73 bits per heavy atom. The molecule has 3 N–H and O–H groups in total. The Labute approximate surface area is 194 Å². The van der Waals surface area contributed by atoms with Gasteiger partial charge in [0.05, 0.1) is 11.6 Å². The maximum atomic E-state index is 14.5. The van der Waals surface area contributed by atoms with Gasteiger partial charge >= 0.3 is 0 Å². The minimum Gasteiger partial charge on any atom is -0.460 e. The molecule has 170 valence electrons. The molecule has 4 rings (SSSR count). The molecular weight excluding hydrogens is 415 g/mol. The quantitative estimate of drug-likeness (QED) is 0.342. The number of nitrogen functional groups attached to an aromatic ring is 1. The third-order valence-electron chi connectivity index (χ3n) is 6.66. The number of hydrogen-bond acceptors (Lipinski definition) is 4. The molecule has 0 amide bonds. The maximum absolute atomic E-state index is 14.5. The normalized spacial score (nSPS) is 19.0. The lowest BCUT2D eigenvalue weighted by Gasteiger charge is -2.27. The molecule has 1 atom stereocenters. The second kappa shape index (κ2) is 9.64. The molecule has 1 aliphatic carbocycles. The van der Waals surface area contributed by atoms with Crippen molar-refractivity contribution in [3.63, 3.8) is 0 Å². The summed E-state index contributed by atoms with van der Waals surface area (Å²) in [7, 11) is 0. The van der Waals surface area contributed by atoms with Gasteiger partial charge < -0.3 is 15.6 Å². The van der Waals surface area contributed by atoms with Gasteiger partial charge in [0.15, 0.2) is 0 Å². The lowest BCUT2D eigenvalue weighted by Crippen LogP contribution is -2.11. The minimum absolute atomic E-state index is 0.188. The van der Waals surface area contributed by atoms with E-state index in [-0.39, 0.29) is 5.75 Å². The molecule has 3 aromatic rings. The molecule has 4 nitrogen and oxygen atoms in total. The van der Waals surface area contributed by atoms with Crippen molar-refractivity contribution in [2.24, 2.45) is 5.92 Å². The topological polar surface area (TPSA) is 79.3 Å². The number of nitrogens with two attached hydrogens (primary N) is 1. The van der Waals surface area contributed by atoms with Crippen LogP contribution >= 0.6 is 0 Å². The minimum atomic E-state index is -1.31. The summed E-state index contributed by atoms with van der Waals surface area (Å²) in [6, 6.07) is 17.8. The van der Waals surface area contributed by atoms with Gasteiger partial charge in [0, 0.05) is 28.4 Å². The first-order valence-electron chi connectivity index (χ1n) is 11.4. The van der Waals surface area contributed by atoms with Crippen molar-refractivity contribution in [3.05, 3.63) is 82.7 Å².